The number of ether oxygens (including phenoxy) is 2. The van der Waals surface area contributed by atoms with Crippen LogP contribution < -0.4 is 19.5 Å². The minimum atomic E-state index is -4.02. The van der Waals surface area contributed by atoms with Crippen molar-refractivity contribution in [3.8, 4) is 11.8 Å². The van der Waals surface area contributed by atoms with E-state index in [9.17, 15) is 27.9 Å². The average Bonchev–Trinajstić information content (AvgIpc) is 3.97. The number of allylic oxidation sites excluding steroid dienone is 1. The lowest BCUT2D eigenvalue weighted by Crippen LogP contribution is -2.62. The van der Waals surface area contributed by atoms with Crippen LogP contribution >= 0.6 is 0 Å². The minimum absolute atomic E-state index is 0.00247. The van der Waals surface area contributed by atoms with E-state index in [2.05, 4.69) is 21.9 Å². The summed E-state index contributed by atoms with van der Waals surface area (Å²) < 4.78 is 40.2. The summed E-state index contributed by atoms with van der Waals surface area (Å²) in [4.78, 5) is 64.0. The van der Waals surface area contributed by atoms with Gasteiger partial charge in [-0.3, -0.25) is 24.0 Å². The highest BCUT2D eigenvalue weighted by molar-refractivity contribution is 7.91. The maximum Gasteiger partial charge on any atom is 0.408 e. The molecule has 7 atom stereocenters. The van der Waals surface area contributed by atoms with E-state index in [1.165, 1.54) is 9.80 Å². The number of pyridine rings is 1. The molecule has 0 bridgehead atoms. The third-order valence-corrected chi connectivity index (χ3v) is 13.9. The summed E-state index contributed by atoms with van der Waals surface area (Å²) in [5, 5.41) is 15.0. The van der Waals surface area contributed by atoms with Gasteiger partial charge in [-0.1, -0.05) is 44.2 Å². The van der Waals surface area contributed by atoms with Crippen LogP contribution in [0.25, 0.3) is 10.8 Å². The summed E-state index contributed by atoms with van der Waals surface area (Å²) in [6, 6.07) is 6.97. The molecular weight excluding hydrogens is 739 g/mol. The molecule has 0 unspecified atom stereocenters. The van der Waals surface area contributed by atoms with Crippen molar-refractivity contribution in [2.45, 2.75) is 140 Å². The fraction of sp³-hybridized carbons (Fsp3) is 0.634. The van der Waals surface area contributed by atoms with Crippen LogP contribution in [0.2, 0.25) is 0 Å². The second kappa shape index (κ2) is 15.2. The van der Waals surface area contributed by atoms with Crippen LogP contribution in [-0.4, -0.2) is 98.8 Å². The topological polar surface area (TPSA) is 185 Å². The van der Waals surface area contributed by atoms with Crippen LogP contribution in [0.1, 0.15) is 100 Å². The number of hydrogen-bond donors (Lipinski definition) is 3. The van der Waals surface area contributed by atoms with Crippen molar-refractivity contribution in [2.24, 2.45) is 17.8 Å². The molecule has 1 aromatic carbocycles. The number of sulfonamides is 1. The number of hydrogen-bond acceptors (Lipinski definition) is 9. The number of nitrogens with zero attached hydrogens (tertiary/aromatic N) is 3. The van der Waals surface area contributed by atoms with Gasteiger partial charge in [0.2, 0.25) is 33.6 Å². The number of carboxylic acid groups (broad SMARTS) is 1. The Hall–Kier alpha value is -4.40. The number of nitrogens with one attached hydrogen (secondary N) is 2. The Balaban J connectivity index is 1.41. The second-order valence-corrected chi connectivity index (χ2v) is 20.1. The van der Waals surface area contributed by atoms with Gasteiger partial charge >= 0.3 is 6.09 Å². The zero-order chi connectivity index (χ0) is 41.0. The number of rotatable bonds is 8. The number of amides is 4. The summed E-state index contributed by atoms with van der Waals surface area (Å²) in [5.41, 5.74) is -2.54. The average molecular weight is 796 g/mol. The molecule has 3 N–H and O–H groups in total. The molecule has 2 aliphatic carbocycles. The number of fused-ring (bicyclic) bond motifs is 3. The molecule has 2 saturated carbocycles. The van der Waals surface area contributed by atoms with E-state index in [0.717, 1.165) is 11.8 Å². The molecule has 2 aliphatic heterocycles. The smallest absolute Gasteiger partial charge is 0.408 e. The monoisotopic (exact) mass is 795 g/mol. The molecule has 306 valence electrons. The third kappa shape index (κ3) is 8.33. The summed E-state index contributed by atoms with van der Waals surface area (Å²) in [6.07, 6.45) is 4.57. The third-order valence-electron chi connectivity index (χ3n) is 11.7. The standard InChI is InChI=1S/C41H57N5O9S/c1-24(2)54-32-20-27-14-10-12-16-30(27)35(42-32)55-29-21-31-34(47)43-41(37(49)44-56(52,53)40(8)17-18-40)22-28(41)15-11-9-13-25(3)19-26(4)33(36(48)45(31)23-29)46(38(50)51)39(5,6)7/h10-12,14-16,20,24-26,28-29,31,33H,9,13,17-19,21-23H2,1-8H3,(H,43,47)(H,44,49)(H,50,51)/b15-11-/t25-,26+,28+,29+,31-,33-,41+/m0/s1. The molecule has 56 heavy (non-hydrogen) atoms. The number of carbonyl (C=O) groups excluding carboxylic acids is 3. The van der Waals surface area contributed by atoms with Gasteiger partial charge in [0, 0.05) is 29.3 Å². The Morgan fingerprint density at radius 1 is 1.12 bits per heavy atom. The summed E-state index contributed by atoms with van der Waals surface area (Å²) >= 11 is 0. The summed E-state index contributed by atoms with van der Waals surface area (Å²) in [7, 11) is -4.02. The minimum Gasteiger partial charge on any atom is -0.475 e. The highest BCUT2D eigenvalue weighted by Crippen LogP contribution is 2.48. The van der Waals surface area contributed by atoms with Gasteiger partial charge in [0.15, 0.2) is 0 Å². The highest BCUT2D eigenvalue weighted by atomic mass is 32.2. The molecule has 2 aromatic rings. The zero-order valence-electron chi connectivity index (χ0n) is 33.7. The summed E-state index contributed by atoms with van der Waals surface area (Å²) in [6.45, 7) is 14.4. The van der Waals surface area contributed by atoms with Crippen LogP contribution in [-0.2, 0) is 24.4 Å². The Labute approximate surface area is 329 Å². The van der Waals surface area contributed by atoms with Crippen molar-refractivity contribution >= 4 is 44.6 Å². The highest BCUT2D eigenvalue weighted by Gasteiger charge is 2.63. The Kier molecular flexibility index (Phi) is 11.2. The fourth-order valence-electron chi connectivity index (χ4n) is 8.26. The Morgan fingerprint density at radius 2 is 1.82 bits per heavy atom. The molecule has 14 nitrogen and oxygen atoms in total. The lowest BCUT2D eigenvalue weighted by Gasteiger charge is -2.43. The molecule has 3 heterocycles. The van der Waals surface area contributed by atoms with E-state index in [-0.39, 0.29) is 37.3 Å². The van der Waals surface area contributed by atoms with E-state index in [1.807, 2.05) is 63.3 Å². The lowest BCUT2D eigenvalue weighted by atomic mass is 9.85. The van der Waals surface area contributed by atoms with Crippen LogP contribution in [0.5, 0.6) is 11.8 Å². The zero-order valence-corrected chi connectivity index (χ0v) is 34.5. The largest absolute Gasteiger partial charge is 0.475 e. The number of benzene rings is 1. The van der Waals surface area contributed by atoms with Gasteiger partial charge in [0.25, 0.3) is 5.91 Å². The SMILES string of the molecule is CC(C)Oc1cc2ccccc2c(O[C@@H]2C[C@H]3C(=O)N[C@]4(C(=O)NS(=O)(=O)C5(C)CC5)C[C@H]4/C=C\CC[C@H](C)C[C@@H](C)[C@H](N(C(=O)O)C(C)(C)C)C(=O)N3C2)n1. The van der Waals surface area contributed by atoms with Gasteiger partial charge in [0.05, 0.1) is 17.4 Å². The molecular formula is C41H57N5O9S. The first-order valence-corrected chi connectivity index (χ1v) is 21.3. The molecule has 4 amide bonds. The maximum absolute atomic E-state index is 15.1. The van der Waals surface area contributed by atoms with Gasteiger partial charge in [-0.15, -0.1) is 0 Å². The molecule has 0 radical (unpaired) electrons. The number of carbonyl (C=O) groups is 4. The molecule has 6 rings (SSSR count). The Bertz CT molecular complexity index is 2010. The van der Waals surface area contributed by atoms with Crippen molar-refractivity contribution in [1.82, 2.24) is 24.8 Å². The normalized spacial score (nSPS) is 29.9. The van der Waals surface area contributed by atoms with Gasteiger partial charge in [-0.05, 0) is 103 Å². The van der Waals surface area contributed by atoms with Crippen LogP contribution in [0.15, 0.2) is 42.5 Å². The van der Waals surface area contributed by atoms with Crippen LogP contribution in [0.4, 0.5) is 4.79 Å². The van der Waals surface area contributed by atoms with Crippen molar-refractivity contribution in [3.05, 3.63) is 42.5 Å². The predicted octanol–water partition coefficient (Wildman–Crippen LogP) is 5.40. The predicted molar refractivity (Wildman–Crippen MR) is 210 cm³/mol. The first-order valence-electron chi connectivity index (χ1n) is 19.8. The van der Waals surface area contributed by atoms with Gasteiger partial charge < -0.3 is 24.8 Å². The quantitative estimate of drug-likeness (QED) is 0.292. The van der Waals surface area contributed by atoms with E-state index in [4.69, 9.17) is 9.47 Å². The lowest BCUT2D eigenvalue weighted by molar-refractivity contribution is -0.146. The van der Waals surface area contributed by atoms with Crippen molar-refractivity contribution < 1.29 is 42.2 Å². The van der Waals surface area contributed by atoms with Crippen LogP contribution in [0.3, 0.4) is 0 Å². The first-order chi connectivity index (χ1) is 26.2. The van der Waals surface area contributed by atoms with Crippen molar-refractivity contribution in [1.29, 1.82) is 0 Å². The van der Waals surface area contributed by atoms with Crippen LogP contribution in [0, 0.1) is 17.8 Å². The second-order valence-electron chi connectivity index (χ2n) is 17.9. The first kappa shape index (κ1) is 41.2. The molecule has 3 fully saturated rings. The van der Waals surface area contributed by atoms with Gasteiger partial charge in [-0.2, -0.15) is 4.98 Å². The van der Waals surface area contributed by atoms with Gasteiger partial charge in [0.1, 0.15) is 23.7 Å². The molecule has 15 heteroatoms. The maximum atomic E-state index is 15.1. The van der Waals surface area contributed by atoms with E-state index < -0.39 is 79.7 Å². The van der Waals surface area contributed by atoms with E-state index in [0.29, 0.717) is 36.9 Å². The molecule has 4 aliphatic rings. The number of aromatic nitrogens is 1. The Morgan fingerprint density at radius 3 is 2.46 bits per heavy atom. The van der Waals surface area contributed by atoms with Gasteiger partial charge in [-0.25, -0.2) is 13.2 Å². The molecule has 0 spiro atoms. The molecule has 1 saturated heterocycles. The molecule has 1 aromatic heterocycles. The van der Waals surface area contributed by atoms with Crippen molar-refractivity contribution in [2.75, 3.05) is 6.54 Å². The summed E-state index contributed by atoms with van der Waals surface area (Å²) in [5.74, 6) is -2.23. The van der Waals surface area contributed by atoms with E-state index in [1.54, 1.807) is 27.7 Å². The van der Waals surface area contributed by atoms with Crippen molar-refractivity contribution in [3.63, 3.8) is 0 Å². The fourth-order valence-corrected chi connectivity index (χ4v) is 9.57. The van der Waals surface area contributed by atoms with E-state index >= 15 is 4.79 Å².